The number of nitrogens with two attached hydrogens (primary N) is 1. The molecule has 142 valence electrons. The zero-order valence-electron chi connectivity index (χ0n) is 15.5. The minimum absolute atomic E-state index is 0.227. The molecule has 1 aliphatic carbocycles. The summed E-state index contributed by atoms with van der Waals surface area (Å²) in [7, 11) is 0. The maximum absolute atomic E-state index is 12.2. The van der Waals surface area contributed by atoms with Crippen molar-refractivity contribution in [1.29, 1.82) is 0 Å². The summed E-state index contributed by atoms with van der Waals surface area (Å²) in [5.41, 5.74) is 8.40. The number of primary amides is 1. The molecular formula is C23H22N2O3. The number of amides is 1. The number of carbonyl (C=O) groups excluding carboxylic acids is 1. The van der Waals surface area contributed by atoms with Crippen molar-refractivity contribution >= 4 is 22.8 Å². The molecule has 1 saturated carbocycles. The molecular weight excluding hydrogens is 352 g/mol. The Hall–Kier alpha value is -3.21. The van der Waals surface area contributed by atoms with Crippen molar-refractivity contribution in [1.82, 2.24) is 4.98 Å². The predicted molar refractivity (Wildman–Crippen MR) is 108 cm³/mol. The molecule has 1 amide bonds. The molecule has 2 aromatic carbocycles. The summed E-state index contributed by atoms with van der Waals surface area (Å²) < 4.78 is 0. The second-order valence-electron chi connectivity index (χ2n) is 7.46. The van der Waals surface area contributed by atoms with E-state index >= 15 is 0 Å². The number of hydrogen-bond acceptors (Lipinski definition) is 3. The van der Waals surface area contributed by atoms with Gasteiger partial charge in [0.15, 0.2) is 0 Å². The van der Waals surface area contributed by atoms with Gasteiger partial charge in [0, 0.05) is 10.9 Å². The van der Waals surface area contributed by atoms with Crippen LogP contribution in [0.25, 0.3) is 22.2 Å². The van der Waals surface area contributed by atoms with E-state index in [0.29, 0.717) is 16.6 Å². The Morgan fingerprint density at radius 1 is 0.964 bits per heavy atom. The second kappa shape index (κ2) is 7.08. The van der Waals surface area contributed by atoms with Crippen LogP contribution >= 0.6 is 0 Å². The topological polar surface area (TPSA) is 93.3 Å². The van der Waals surface area contributed by atoms with Gasteiger partial charge in [0.25, 0.3) is 0 Å². The number of aromatic nitrogens is 1. The number of fused-ring (bicyclic) bond motifs is 1. The molecule has 5 nitrogen and oxygen atoms in total. The van der Waals surface area contributed by atoms with Gasteiger partial charge in [-0.2, -0.15) is 0 Å². The Kier molecular flexibility index (Phi) is 4.59. The van der Waals surface area contributed by atoms with E-state index in [4.69, 9.17) is 5.73 Å². The van der Waals surface area contributed by atoms with Crippen LogP contribution in [0.1, 0.15) is 48.0 Å². The molecule has 28 heavy (non-hydrogen) atoms. The molecule has 3 N–H and O–H groups in total. The fourth-order valence-electron chi connectivity index (χ4n) is 4.29. The summed E-state index contributed by atoms with van der Waals surface area (Å²) in [6, 6.07) is 16.5. The minimum Gasteiger partial charge on any atom is -0.478 e. The van der Waals surface area contributed by atoms with Gasteiger partial charge in [0.1, 0.15) is 0 Å². The van der Waals surface area contributed by atoms with Crippen LogP contribution in [0, 0.1) is 0 Å². The highest BCUT2D eigenvalue weighted by Gasteiger charge is 2.39. The lowest BCUT2D eigenvalue weighted by Crippen LogP contribution is -2.42. The average molecular weight is 374 g/mol. The maximum Gasteiger partial charge on any atom is 0.336 e. The van der Waals surface area contributed by atoms with Crippen molar-refractivity contribution in [3.8, 4) is 11.3 Å². The van der Waals surface area contributed by atoms with Crippen LogP contribution in [0.2, 0.25) is 0 Å². The molecule has 0 atom stereocenters. The molecule has 1 heterocycles. The molecule has 1 aliphatic rings. The number of benzene rings is 2. The van der Waals surface area contributed by atoms with Gasteiger partial charge in [-0.05, 0) is 30.5 Å². The largest absolute Gasteiger partial charge is 0.478 e. The Labute approximate surface area is 163 Å². The Bertz CT molecular complexity index is 1050. The van der Waals surface area contributed by atoms with Gasteiger partial charge in [-0.1, -0.05) is 61.7 Å². The van der Waals surface area contributed by atoms with Gasteiger partial charge in [0.2, 0.25) is 5.91 Å². The smallest absolute Gasteiger partial charge is 0.336 e. The SMILES string of the molecule is NC(=O)C1(c2ccc(-c3cc(C(=O)O)c4ccccc4n3)cc2)CCCCC1. The molecule has 0 bridgehead atoms. The van der Waals surface area contributed by atoms with Gasteiger partial charge in [0.05, 0.1) is 22.2 Å². The summed E-state index contributed by atoms with van der Waals surface area (Å²) in [5, 5.41) is 10.2. The average Bonchev–Trinajstić information content (AvgIpc) is 2.73. The molecule has 0 aliphatic heterocycles. The number of carboxylic acid groups (broad SMARTS) is 1. The number of carbonyl (C=O) groups is 2. The van der Waals surface area contributed by atoms with Gasteiger partial charge >= 0.3 is 5.97 Å². The summed E-state index contributed by atoms with van der Waals surface area (Å²) in [6.07, 6.45) is 4.68. The Morgan fingerprint density at radius 3 is 2.29 bits per heavy atom. The van der Waals surface area contributed by atoms with E-state index in [2.05, 4.69) is 4.98 Å². The van der Waals surface area contributed by atoms with Crippen molar-refractivity contribution in [2.24, 2.45) is 5.73 Å². The fourth-order valence-corrected chi connectivity index (χ4v) is 4.29. The van der Waals surface area contributed by atoms with E-state index < -0.39 is 11.4 Å². The standard InChI is InChI=1S/C23H22N2O3/c24-22(28)23(12-4-1-5-13-23)16-10-8-15(9-11-16)20-14-18(21(26)27)17-6-2-3-7-19(17)25-20/h2-3,6-11,14H,1,4-5,12-13H2,(H2,24,28)(H,26,27). The van der Waals surface area contributed by atoms with Crippen molar-refractivity contribution in [3.05, 3.63) is 65.7 Å². The first-order valence-corrected chi connectivity index (χ1v) is 9.55. The number of carboxylic acids is 1. The highest BCUT2D eigenvalue weighted by molar-refractivity contribution is 6.03. The minimum atomic E-state index is -0.980. The summed E-state index contributed by atoms with van der Waals surface area (Å²) in [6.45, 7) is 0. The number of nitrogens with zero attached hydrogens (tertiary/aromatic N) is 1. The molecule has 1 aromatic heterocycles. The van der Waals surface area contributed by atoms with E-state index in [0.717, 1.165) is 43.2 Å². The Morgan fingerprint density at radius 2 is 1.64 bits per heavy atom. The third-order valence-electron chi connectivity index (χ3n) is 5.86. The molecule has 1 fully saturated rings. The summed E-state index contributed by atoms with van der Waals surface area (Å²) in [5.74, 6) is -1.25. The fraction of sp³-hybridized carbons (Fsp3) is 0.261. The number of hydrogen-bond donors (Lipinski definition) is 2. The summed E-state index contributed by atoms with van der Waals surface area (Å²) in [4.78, 5) is 28.6. The van der Waals surface area contributed by atoms with E-state index in [1.54, 1.807) is 18.2 Å². The van der Waals surface area contributed by atoms with E-state index in [1.807, 2.05) is 36.4 Å². The van der Waals surface area contributed by atoms with Crippen LogP contribution in [-0.4, -0.2) is 22.0 Å². The third kappa shape index (κ3) is 3.03. The number of pyridine rings is 1. The lowest BCUT2D eigenvalue weighted by molar-refractivity contribution is -0.124. The molecule has 4 rings (SSSR count). The number of para-hydroxylation sites is 1. The van der Waals surface area contributed by atoms with Crippen LogP contribution < -0.4 is 5.73 Å². The van der Waals surface area contributed by atoms with Crippen LogP contribution in [0.4, 0.5) is 0 Å². The van der Waals surface area contributed by atoms with Crippen molar-refractivity contribution in [3.63, 3.8) is 0 Å². The molecule has 0 saturated heterocycles. The monoisotopic (exact) mass is 374 g/mol. The van der Waals surface area contributed by atoms with Gasteiger partial charge in [-0.3, -0.25) is 4.79 Å². The quantitative estimate of drug-likeness (QED) is 0.712. The molecule has 0 radical (unpaired) electrons. The first-order chi connectivity index (χ1) is 13.5. The van der Waals surface area contributed by atoms with Crippen molar-refractivity contribution in [2.75, 3.05) is 0 Å². The molecule has 0 unspecified atom stereocenters. The maximum atomic E-state index is 12.2. The van der Waals surface area contributed by atoms with Crippen LogP contribution in [0.3, 0.4) is 0 Å². The first-order valence-electron chi connectivity index (χ1n) is 9.55. The lowest BCUT2D eigenvalue weighted by atomic mass is 9.69. The molecule has 5 heteroatoms. The van der Waals surface area contributed by atoms with Crippen LogP contribution in [0.15, 0.2) is 54.6 Å². The van der Waals surface area contributed by atoms with Crippen LogP contribution in [-0.2, 0) is 10.2 Å². The highest BCUT2D eigenvalue weighted by atomic mass is 16.4. The van der Waals surface area contributed by atoms with Gasteiger partial charge in [-0.25, -0.2) is 9.78 Å². The van der Waals surface area contributed by atoms with Gasteiger partial charge < -0.3 is 10.8 Å². The number of rotatable bonds is 4. The van der Waals surface area contributed by atoms with E-state index in [1.165, 1.54) is 0 Å². The first kappa shape index (κ1) is 18.2. The van der Waals surface area contributed by atoms with E-state index in [-0.39, 0.29) is 11.5 Å². The van der Waals surface area contributed by atoms with Crippen molar-refractivity contribution < 1.29 is 14.7 Å². The Balaban J connectivity index is 1.77. The molecule has 3 aromatic rings. The highest BCUT2D eigenvalue weighted by Crippen LogP contribution is 2.40. The third-order valence-corrected chi connectivity index (χ3v) is 5.86. The zero-order valence-corrected chi connectivity index (χ0v) is 15.5. The zero-order chi connectivity index (χ0) is 19.7. The predicted octanol–water partition coefficient (Wildman–Crippen LogP) is 4.29. The number of aromatic carboxylic acids is 1. The van der Waals surface area contributed by atoms with E-state index in [9.17, 15) is 14.7 Å². The summed E-state index contributed by atoms with van der Waals surface area (Å²) >= 11 is 0. The normalized spacial score (nSPS) is 16.0. The van der Waals surface area contributed by atoms with Crippen LogP contribution in [0.5, 0.6) is 0 Å². The van der Waals surface area contributed by atoms with Gasteiger partial charge in [-0.15, -0.1) is 0 Å². The molecule has 0 spiro atoms. The second-order valence-corrected chi connectivity index (χ2v) is 7.46. The lowest BCUT2D eigenvalue weighted by Gasteiger charge is -2.34. The van der Waals surface area contributed by atoms with Crippen molar-refractivity contribution in [2.45, 2.75) is 37.5 Å².